The summed E-state index contributed by atoms with van der Waals surface area (Å²) in [4.78, 5) is 25.8. The summed E-state index contributed by atoms with van der Waals surface area (Å²) < 4.78 is 68.1. The minimum atomic E-state index is -4.71. The van der Waals surface area contributed by atoms with E-state index in [2.05, 4.69) is 10.1 Å². The van der Waals surface area contributed by atoms with Gasteiger partial charge in [-0.05, 0) is 18.2 Å². The summed E-state index contributed by atoms with van der Waals surface area (Å²) in [5.41, 5.74) is -1.40. The first kappa shape index (κ1) is 24.0. The van der Waals surface area contributed by atoms with Crippen LogP contribution in [0, 0.1) is 10.1 Å². The molecule has 1 aliphatic heterocycles. The lowest BCUT2D eigenvalue weighted by Gasteiger charge is -2.35. The molecular weight excluding hydrogens is 455 g/mol. The number of rotatable bonds is 6. The number of hydrogen-bond donors (Lipinski definition) is 1. The number of amides is 2. The van der Waals surface area contributed by atoms with Gasteiger partial charge in [0.1, 0.15) is 11.4 Å². The topological polar surface area (TPSA) is 88.0 Å². The average molecular weight is 474 g/mol. The fraction of sp³-hybridized carbons (Fsp3) is 0.350. The number of nitro benzene ring substituents is 1. The molecule has 1 saturated heterocycles. The molecule has 0 unspecified atom stereocenters. The van der Waals surface area contributed by atoms with E-state index in [-0.39, 0.29) is 44.2 Å². The summed E-state index contributed by atoms with van der Waals surface area (Å²) in [5, 5.41) is 13.9. The molecule has 0 radical (unpaired) electrons. The van der Waals surface area contributed by atoms with Crippen molar-refractivity contribution >= 4 is 17.4 Å². The second-order valence-corrected chi connectivity index (χ2v) is 7.08. The normalized spacial score (nSPS) is 14.4. The fourth-order valence-corrected chi connectivity index (χ4v) is 3.41. The van der Waals surface area contributed by atoms with Crippen LogP contribution in [0.2, 0.25) is 0 Å². The number of carbonyl (C=O) groups is 1. The van der Waals surface area contributed by atoms with Crippen molar-refractivity contribution in [3.8, 4) is 5.75 Å². The smallest absolute Gasteiger partial charge is 0.416 e. The monoisotopic (exact) mass is 474 g/mol. The van der Waals surface area contributed by atoms with Crippen LogP contribution in [0.4, 0.5) is 38.1 Å². The van der Waals surface area contributed by atoms with Crippen LogP contribution in [0.1, 0.15) is 11.1 Å². The Bertz CT molecular complexity index is 1010. The number of benzene rings is 2. The Hall–Kier alpha value is -3.64. The van der Waals surface area contributed by atoms with Crippen molar-refractivity contribution in [2.24, 2.45) is 0 Å². The third-order valence-corrected chi connectivity index (χ3v) is 5.03. The molecule has 2 amide bonds. The van der Waals surface area contributed by atoms with Gasteiger partial charge in [-0.1, -0.05) is 18.2 Å². The van der Waals surface area contributed by atoms with Gasteiger partial charge in [0.25, 0.3) is 5.69 Å². The zero-order valence-corrected chi connectivity index (χ0v) is 17.0. The van der Waals surface area contributed by atoms with E-state index in [0.29, 0.717) is 11.6 Å². The van der Waals surface area contributed by atoms with Gasteiger partial charge in [-0.25, -0.2) is 4.79 Å². The zero-order chi connectivity index (χ0) is 24.2. The molecule has 0 spiro atoms. The highest BCUT2D eigenvalue weighted by Gasteiger charge is 2.34. The number of halogens is 5. The maximum Gasteiger partial charge on any atom is 0.416 e. The van der Waals surface area contributed by atoms with Gasteiger partial charge in [0.05, 0.1) is 10.5 Å². The number of para-hydroxylation sites is 1. The SMILES string of the molecule is O=C(NCc1ccccc1OC(F)F)N1CCN(c2ccc(C(F)(F)F)cc2[N+](=O)[O-])CC1. The Kier molecular flexibility index (Phi) is 7.19. The molecule has 3 rings (SSSR count). The lowest BCUT2D eigenvalue weighted by molar-refractivity contribution is -0.384. The molecule has 1 heterocycles. The Morgan fingerprint density at radius 2 is 1.79 bits per heavy atom. The van der Waals surface area contributed by atoms with E-state index in [1.54, 1.807) is 6.07 Å². The van der Waals surface area contributed by atoms with Crippen LogP contribution >= 0.6 is 0 Å². The largest absolute Gasteiger partial charge is 0.434 e. The van der Waals surface area contributed by atoms with Gasteiger partial charge in [-0.15, -0.1) is 0 Å². The molecule has 0 aromatic heterocycles. The predicted octanol–water partition coefficient (Wildman–Crippen LogP) is 4.25. The lowest BCUT2D eigenvalue weighted by atomic mass is 10.1. The highest BCUT2D eigenvalue weighted by molar-refractivity contribution is 5.75. The second kappa shape index (κ2) is 9.88. The van der Waals surface area contributed by atoms with Gasteiger partial charge < -0.3 is 19.9 Å². The zero-order valence-electron chi connectivity index (χ0n) is 17.0. The maximum absolute atomic E-state index is 12.9. The highest BCUT2D eigenvalue weighted by Crippen LogP contribution is 2.36. The maximum atomic E-state index is 12.9. The third-order valence-electron chi connectivity index (χ3n) is 5.03. The summed E-state index contributed by atoms with van der Waals surface area (Å²) >= 11 is 0. The van der Waals surface area contributed by atoms with E-state index < -0.39 is 35.0 Å². The molecule has 13 heteroatoms. The Morgan fingerprint density at radius 1 is 1.12 bits per heavy atom. The van der Waals surface area contributed by atoms with E-state index >= 15 is 0 Å². The van der Waals surface area contributed by atoms with Crippen LogP contribution < -0.4 is 15.0 Å². The summed E-state index contributed by atoms with van der Waals surface area (Å²) in [5.74, 6) is -0.0627. The van der Waals surface area contributed by atoms with Crippen molar-refractivity contribution < 1.29 is 36.4 Å². The standard InChI is InChI=1S/C20H19F5N4O4/c21-18(22)33-17-4-2-1-3-13(17)12-26-19(30)28-9-7-27(8-10-28)15-6-5-14(20(23,24)25)11-16(15)29(31)32/h1-6,11,18H,7-10,12H2,(H,26,30). The lowest BCUT2D eigenvalue weighted by Crippen LogP contribution is -2.51. The van der Waals surface area contributed by atoms with E-state index in [1.165, 1.54) is 28.0 Å². The van der Waals surface area contributed by atoms with Gasteiger partial charge in [0.15, 0.2) is 0 Å². The number of nitrogens with one attached hydrogen (secondary N) is 1. The number of urea groups is 1. The van der Waals surface area contributed by atoms with Gasteiger partial charge in [0, 0.05) is 44.4 Å². The molecule has 0 aliphatic carbocycles. The van der Waals surface area contributed by atoms with E-state index in [9.17, 15) is 36.9 Å². The summed E-state index contributed by atoms with van der Waals surface area (Å²) in [6.07, 6.45) is -4.71. The third kappa shape index (κ3) is 5.99. The molecule has 1 aliphatic rings. The van der Waals surface area contributed by atoms with E-state index in [0.717, 1.165) is 12.1 Å². The molecule has 1 N–H and O–H groups in total. The summed E-state index contributed by atoms with van der Waals surface area (Å²) in [7, 11) is 0. The van der Waals surface area contributed by atoms with E-state index in [4.69, 9.17) is 0 Å². The first-order chi connectivity index (χ1) is 15.6. The van der Waals surface area contributed by atoms with Crippen molar-refractivity contribution in [1.82, 2.24) is 10.2 Å². The van der Waals surface area contributed by atoms with Crippen molar-refractivity contribution in [3.63, 3.8) is 0 Å². The molecule has 2 aromatic carbocycles. The second-order valence-electron chi connectivity index (χ2n) is 7.08. The number of alkyl halides is 5. The molecule has 33 heavy (non-hydrogen) atoms. The van der Waals surface area contributed by atoms with Crippen molar-refractivity contribution in [2.45, 2.75) is 19.3 Å². The van der Waals surface area contributed by atoms with Crippen LogP contribution in [-0.4, -0.2) is 48.6 Å². The number of nitro groups is 1. The quantitative estimate of drug-likeness (QED) is 0.384. The number of hydrogen-bond acceptors (Lipinski definition) is 5. The molecule has 8 nitrogen and oxygen atoms in total. The number of ether oxygens (including phenoxy) is 1. The molecule has 1 fully saturated rings. The van der Waals surface area contributed by atoms with Crippen molar-refractivity contribution in [2.75, 3.05) is 31.1 Å². The number of anilines is 1. The fourth-order valence-electron chi connectivity index (χ4n) is 3.41. The molecule has 2 aromatic rings. The highest BCUT2D eigenvalue weighted by atomic mass is 19.4. The van der Waals surface area contributed by atoms with Crippen molar-refractivity contribution in [1.29, 1.82) is 0 Å². The first-order valence-electron chi connectivity index (χ1n) is 9.72. The number of carbonyl (C=O) groups excluding carboxylic acids is 1. The Balaban J connectivity index is 1.61. The van der Waals surface area contributed by atoms with E-state index in [1.807, 2.05) is 0 Å². The van der Waals surface area contributed by atoms with Gasteiger partial charge in [-0.2, -0.15) is 22.0 Å². The average Bonchev–Trinajstić information content (AvgIpc) is 2.77. The predicted molar refractivity (Wildman–Crippen MR) is 107 cm³/mol. The summed E-state index contributed by atoms with van der Waals surface area (Å²) in [6.45, 7) is -2.45. The van der Waals surface area contributed by atoms with Crippen LogP contribution in [0.5, 0.6) is 5.75 Å². The minimum Gasteiger partial charge on any atom is -0.434 e. The van der Waals surface area contributed by atoms with Crippen molar-refractivity contribution in [3.05, 3.63) is 63.7 Å². The number of nitrogens with zero attached hydrogens (tertiary/aromatic N) is 3. The first-order valence-corrected chi connectivity index (χ1v) is 9.72. The Labute approximate surface area is 184 Å². The van der Waals surface area contributed by atoms with Gasteiger partial charge >= 0.3 is 18.8 Å². The van der Waals surface area contributed by atoms with Crippen LogP contribution in [0.3, 0.4) is 0 Å². The minimum absolute atomic E-state index is 0.0335. The Morgan fingerprint density at radius 3 is 2.39 bits per heavy atom. The van der Waals surface area contributed by atoms with Crippen LogP contribution in [-0.2, 0) is 12.7 Å². The molecular formula is C20H19F5N4O4. The molecule has 178 valence electrons. The molecule has 0 saturated carbocycles. The summed E-state index contributed by atoms with van der Waals surface area (Å²) in [6, 6.07) is 7.84. The van der Waals surface area contributed by atoms with Gasteiger partial charge in [-0.3, -0.25) is 10.1 Å². The van der Waals surface area contributed by atoms with Gasteiger partial charge in [0.2, 0.25) is 0 Å². The van der Waals surface area contributed by atoms with Crippen LogP contribution in [0.25, 0.3) is 0 Å². The number of piperazine rings is 1. The molecule has 0 atom stereocenters. The molecule has 0 bridgehead atoms. The van der Waals surface area contributed by atoms with Crippen LogP contribution in [0.15, 0.2) is 42.5 Å².